The lowest BCUT2D eigenvalue weighted by atomic mass is 9.92. The number of aromatic nitrogens is 1. The van der Waals surface area contributed by atoms with E-state index in [4.69, 9.17) is 9.72 Å². The summed E-state index contributed by atoms with van der Waals surface area (Å²) in [5, 5.41) is 14.2. The third-order valence-corrected chi connectivity index (χ3v) is 7.20. The summed E-state index contributed by atoms with van der Waals surface area (Å²) in [5.41, 5.74) is 5.52. The zero-order valence-electron chi connectivity index (χ0n) is 21.4. The number of nitriles is 1. The Morgan fingerprint density at radius 2 is 2.17 bits per heavy atom. The second-order valence-corrected chi connectivity index (χ2v) is 9.62. The lowest BCUT2D eigenvalue weighted by Gasteiger charge is -2.21. The highest BCUT2D eigenvalue weighted by Crippen LogP contribution is 2.27. The molecule has 0 spiro atoms. The highest BCUT2D eigenvalue weighted by Gasteiger charge is 2.22. The Labute approximate surface area is 217 Å². The van der Waals surface area contributed by atoms with Crippen LogP contribution in [-0.2, 0) is 11.3 Å². The van der Waals surface area contributed by atoms with E-state index in [1.807, 2.05) is 44.2 Å². The molecule has 1 aromatic carbocycles. The molecule has 0 radical (unpaired) electrons. The van der Waals surface area contributed by atoms with Crippen LogP contribution in [0.15, 0.2) is 60.2 Å². The van der Waals surface area contributed by atoms with Crippen LogP contribution >= 0.6 is 11.3 Å². The highest BCUT2D eigenvalue weighted by atomic mass is 32.1. The van der Waals surface area contributed by atoms with Gasteiger partial charge in [0.05, 0.1) is 35.1 Å². The predicted octanol–water partition coefficient (Wildman–Crippen LogP) is 5.16. The average Bonchev–Trinajstić information content (AvgIpc) is 3.30. The van der Waals surface area contributed by atoms with Crippen LogP contribution < -0.4 is 15.2 Å². The summed E-state index contributed by atoms with van der Waals surface area (Å²) < 4.78 is 6.53. The summed E-state index contributed by atoms with van der Waals surface area (Å²) in [6.45, 7) is 13.5. The van der Waals surface area contributed by atoms with Gasteiger partial charge in [-0.05, 0) is 62.1 Å². The van der Waals surface area contributed by atoms with Gasteiger partial charge < -0.3 is 10.1 Å². The zero-order chi connectivity index (χ0) is 26.1. The van der Waals surface area contributed by atoms with Crippen molar-refractivity contribution in [2.75, 3.05) is 13.2 Å². The number of nitrogens with zero attached hydrogens (tertiary/aromatic N) is 2. The van der Waals surface area contributed by atoms with Crippen LogP contribution in [0.1, 0.15) is 66.5 Å². The molecule has 0 unspecified atom stereocenters. The van der Waals surface area contributed by atoms with E-state index >= 15 is 0 Å². The first-order valence-electron chi connectivity index (χ1n) is 12.1. The lowest BCUT2D eigenvalue weighted by Crippen LogP contribution is -2.27. The van der Waals surface area contributed by atoms with E-state index in [9.17, 15) is 10.1 Å². The van der Waals surface area contributed by atoms with Crippen LogP contribution in [0.25, 0.3) is 17.7 Å². The molecule has 0 fully saturated rings. The Morgan fingerprint density at radius 3 is 2.86 bits per heavy atom. The maximum atomic E-state index is 12.8. The molecule has 2 heterocycles. The molecule has 6 heteroatoms. The Kier molecular flexibility index (Phi) is 9.75. The maximum Gasteiger partial charge on any atom is 0.251 e. The molecular formula is C30H33N3O2S. The van der Waals surface area contributed by atoms with Crippen molar-refractivity contribution in [1.82, 2.24) is 10.3 Å². The Balaban J connectivity index is 1.78. The number of fused-ring (bicyclic) bond motifs is 1. The van der Waals surface area contributed by atoms with Crippen molar-refractivity contribution >= 4 is 35.0 Å². The van der Waals surface area contributed by atoms with Gasteiger partial charge in [-0.2, -0.15) is 5.26 Å². The molecule has 5 nitrogen and oxygen atoms in total. The molecule has 36 heavy (non-hydrogen) atoms. The first-order valence-corrected chi connectivity index (χ1v) is 12.9. The van der Waals surface area contributed by atoms with Crippen LogP contribution in [-0.4, -0.2) is 24.0 Å². The van der Waals surface area contributed by atoms with Gasteiger partial charge in [-0.3, -0.25) is 4.79 Å². The molecule has 1 aromatic heterocycles. The molecule has 1 aliphatic heterocycles. The van der Waals surface area contributed by atoms with Gasteiger partial charge in [0, 0.05) is 17.7 Å². The minimum absolute atomic E-state index is 0.199. The van der Waals surface area contributed by atoms with Gasteiger partial charge in [0.25, 0.3) is 5.91 Å². The van der Waals surface area contributed by atoms with E-state index in [2.05, 4.69) is 44.0 Å². The highest BCUT2D eigenvalue weighted by molar-refractivity contribution is 7.10. The number of hydrogen-bond donors (Lipinski definition) is 1. The van der Waals surface area contributed by atoms with E-state index in [-0.39, 0.29) is 11.8 Å². The standard InChI is InChI=1S/C30H33N3O2S/c1-6-9-10-11-25(21(5)7-2)30-33-27(28(8-3)36-30)14-20(4)17-32-29(34)22-12-13-23-18-35-19-24(16-31)26(23)15-22/h6,8-15,24H,4,7,17-19H2,1-3,5H3,(H,32,34)/b9-6-,11-10-,25-21?,27-14+,28-8+/t24-/m1/s1. The monoisotopic (exact) mass is 499 g/mol. The topological polar surface area (TPSA) is 75.0 Å². The lowest BCUT2D eigenvalue weighted by molar-refractivity contribution is 0.0952. The van der Waals surface area contributed by atoms with Crippen LogP contribution in [0.2, 0.25) is 0 Å². The summed E-state index contributed by atoms with van der Waals surface area (Å²) in [6, 6.07) is 7.69. The number of ether oxygens (including phenoxy) is 1. The minimum atomic E-state index is -0.351. The van der Waals surface area contributed by atoms with Crippen molar-refractivity contribution in [3.8, 4) is 6.07 Å². The maximum absolute atomic E-state index is 12.8. The minimum Gasteiger partial charge on any atom is -0.375 e. The number of nitrogens with one attached hydrogen (secondary N) is 1. The summed E-state index contributed by atoms with van der Waals surface area (Å²) >= 11 is 1.65. The fourth-order valence-corrected chi connectivity index (χ4v) is 4.87. The molecule has 0 bridgehead atoms. The fraction of sp³-hybridized carbons (Fsp3) is 0.300. The van der Waals surface area contributed by atoms with E-state index in [1.165, 1.54) is 5.57 Å². The molecule has 1 N–H and O–H groups in total. The predicted molar refractivity (Wildman–Crippen MR) is 149 cm³/mol. The second-order valence-electron chi connectivity index (χ2n) is 8.59. The first kappa shape index (κ1) is 27.1. The Bertz CT molecular complexity index is 1390. The quantitative estimate of drug-likeness (QED) is 0.509. The van der Waals surface area contributed by atoms with E-state index in [0.29, 0.717) is 25.3 Å². The molecule has 2 aromatic rings. The van der Waals surface area contributed by atoms with Gasteiger partial charge >= 0.3 is 0 Å². The van der Waals surface area contributed by atoms with E-state index in [1.54, 1.807) is 23.5 Å². The van der Waals surface area contributed by atoms with Crippen LogP contribution in [0.4, 0.5) is 0 Å². The van der Waals surface area contributed by atoms with E-state index in [0.717, 1.165) is 43.6 Å². The fourth-order valence-electron chi connectivity index (χ4n) is 3.83. The van der Waals surface area contributed by atoms with Gasteiger partial charge in [0.15, 0.2) is 0 Å². The van der Waals surface area contributed by atoms with Gasteiger partial charge in [0.2, 0.25) is 0 Å². The van der Waals surface area contributed by atoms with Crippen LogP contribution in [0.3, 0.4) is 0 Å². The van der Waals surface area contributed by atoms with Crippen LogP contribution in [0, 0.1) is 11.3 Å². The van der Waals surface area contributed by atoms with Crippen molar-refractivity contribution in [3.63, 3.8) is 0 Å². The Morgan fingerprint density at radius 1 is 1.36 bits per heavy atom. The zero-order valence-corrected chi connectivity index (χ0v) is 22.2. The summed E-state index contributed by atoms with van der Waals surface area (Å²) in [6.07, 6.45) is 13.1. The van der Waals surface area contributed by atoms with E-state index < -0.39 is 0 Å². The van der Waals surface area contributed by atoms with Crippen molar-refractivity contribution in [3.05, 3.63) is 91.8 Å². The van der Waals surface area contributed by atoms with Gasteiger partial charge in [-0.15, -0.1) is 11.3 Å². The molecule has 1 atom stereocenters. The summed E-state index contributed by atoms with van der Waals surface area (Å²) in [7, 11) is 0. The number of rotatable bonds is 8. The number of hydrogen-bond acceptors (Lipinski definition) is 5. The molecule has 1 aliphatic rings. The largest absolute Gasteiger partial charge is 0.375 e. The van der Waals surface area contributed by atoms with Crippen molar-refractivity contribution in [2.24, 2.45) is 0 Å². The Hall–Kier alpha value is -3.53. The summed E-state index contributed by atoms with van der Waals surface area (Å²) in [4.78, 5) is 17.7. The third kappa shape index (κ3) is 6.57. The van der Waals surface area contributed by atoms with Crippen LogP contribution in [0.5, 0.6) is 0 Å². The number of carbonyl (C=O) groups is 1. The molecule has 3 rings (SSSR count). The molecule has 1 amide bonds. The number of amides is 1. The number of allylic oxidation sites excluding steroid dienone is 6. The van der Waals surface area contributed by atoms with Gasteiger partial charge in [-0.25, -0.2) is 4.98 Å². The van der Waals surface area contributed by atoms with Crippen molar-refractivity contribution < 1.29 is 9.53 Å². The number of thiazole rings is 1. The molecule has 0 saturated heterocycles. The van der Waals surface area contributed by atoms with Crippen molar-refractivity contribution in [2.45, 2.75) is 46.6 Å². The first-order chi connectivity index (χ1) is 17.4. The molecular weight excluding hydrogens is 466 g/mol. The molecule has 186 valence electrons. The summed E-state index contributed by atoms with van der Waals surface area (Å²) in [5.74, 6) is -0.551. The molecule has 0 saturated carbocycles. The normalized spacial score (nSPS) is 17.2. The van der Waals surface area contributed by atoms with Crippen molar-refractivity contribution in [1.29, 1.82) is 5.26 Å². The van der Waals surface area contributed by atoms with Gasteiger partial charge in [-0.1, -0.05) is 55.5 Å². The van der Waals surface area contributed by atoms with Gasteiger partial charge in [0.1, 0.15) is 5.01 Å². The smallest absolute Gasteiger partial charge is 0.251 e. The average molecular weight is 500 g/mol. The second kappa shape index (κ2) is 13.0. The SMILES string of the molecule is C=C(/C=c1/nc(C(/C=C\C=C/C)=C(C)CC)s/c1=C/C)CNC(=O)c1ccc2c(c1)[C@H](C#N)COC2. The number of carbonyl (C=O) groups excluding carboxylic acids is 1. The third-order valence-electron chi connectivity index (χ3n) is 6.03. The molecule has 0 aliphatic carbocycles. The number of benzene rings is 1.